The number of para-hydroxylation sites is 2. The highest BCUT2D eigenvalue weighted by atomic mass is 32.1. The van der Waals surface area contributed by atoms with Gasteiger partial charge in [-0.15, -0.1) is 11.3 Å². The van der Waals surface area contributed by atoms with E-state index < -0.39 is 11.9 Å². The lowest BCUT2D eigenvalue weighted by Crippen LogP contribution is -2.40. The Bertz CT molecular complexity index is 995. The molecule has 3 aromatic rings. The minimum Gasteiger partial charge on any atom is -0.473 e. The summed E-state index contributed by atoms with van der Waals surface area (Å²) < 4.78 is 2.25. The second kappa shape index (κ2) is 10.0. The normalized spacial score (nSPS) is 14.2. The highest BCUT2D eigenvalue weighted by Gasteiger charge is 2.23. The number of hydrogen-bond donors (Lipinski definition) is 2. The Balaban J connectivity index is 0.000000377. The molecule has 0 spiro atoms. The van der Waals surface area contributed by atoms with E-state index in [1.807, 2.05) is 34.8 Å². The molecule has 3 heterocycles. The molecule has 1 aliphatic rings. The van der Waals surface area contributed by atoms with Crippen LogP contribution in [0.1, 0.15) is 17.7 Å². The Morgan fingerprint density at radius 3 is 2.37 bits per heavy atom. The summed E-state index contributed by atoms with van der Waals surface area (Å²) in [7, 11) is 0. The first-order valence-electron chi connectivity index (χ1n) is 9.60. The van der Waals surface area contributed by atoms with Gasteiger partial charge in [-0.05, 0) is 42.3 Å². The van der Waals surface area contributed by atoms with E-state index in [2.05, 4.69) is 27.8 Å². The molecule has 2 N–H and O–H groups in total. The van der Waals surface area contributed by atoms with E-state index in [0.717, 1.165) is 42.9 Å². The summed E-state index contributed by atoms with van der Waals surface area (Å²) in [4.78, 5) is 38.2. The molecule has 1 fully saturated rings. The molecular formula is C21H23N3O5S. The molecule has 1 aliphatic heterocycles. The summed E-state index contributed by atoms with van der Waals surface area (Å²) in [5.41, 5.74) is 2.26. The number of aliphatic carboxylic acids is 2. The number of carbonyl (C=O) groups is 3. The van der Waals surface area contributed by atoms with Crippen LogP contribution < -0.4 is 0 Å². The lowest BCUT2D eigenvalue weighted by Gasteiger charge is -2.32. The zero-order valence-electron chi connectivity index (χ0n) is 16.3. The lowest BCUT2D eigenvalue weighted by molar-refractivity contribution is -0.159. The number of thiophene rings is 1. The fourth-order valence-corrected chi connectivity index (χ4v) is 4.17. The van der Waals surface area contributed by atoms with Gasteiger partial charge in [0.15, 0.2) is 0 Å². The molecule has 0 saturated carbocycles. The molecule has 0 aliphatic carbocycles. The SMILES string of the molecule is O=C(Cc1cccs1)N1CCC(Cn2cnc3ccccc32)CC1.O=C(O)C(=O)O. The van der Waals surface area contributed by atoms with Crippen LogP contribution >= 0.6 is 11.3 Å². The standard InChI is InChI=1S/C19H21N3OS.C2H2O4/c23-19(12-16-4-3-11-24-16)21-9-7-15(8-10-21)13-22-14-20-17-5-1-2-6-18(17)22;3-1(4)2(5)6/h1-6,11,14-15H,7-10,12-13H2;(H,3,4)(H,5,6). The number of carbonyl (C=O) groups excluding carboxylic acids is 1. The number of piperidine rings is 1. The van der Waals surface area contributed by atoms with Crippen LogP contribution in [0.5, 0.6) is 0 Å². The molecule has 30 heavy (non-hydrogen) atoms. The smallest absolute Gasteiger partial charge is 0.414 e. The molecule has 1 saturated heterocycles. The molecular weight excluding hydrogens is 406 g/mol. The van der Waals surface area contributed by atoms with Crippen LogP contribution in [0.15, 0.2) is 48.1 Å². The number of rotatable bonds is 4. The number of imidazole rings is 1. The van der Waals surface area contributed by atoms with Crippen molar-refractivity contribution >= 4 is 40.2 Å². The van der Waals surface area contributed by atoms with Gasteiger partial charge < -0.3 is 19.7 Å². The van der Waals surface area contributed by atoms with Crippen LogP contribution in [0.4, 0.5) is 0 Å². The average Bonchev–Trinajstić information content (AvgIpc) is 3.39. The molecule has 8 nitrogen and oxygen atoms in total. The predicted octanol–water partition coefficient (Wildman–Crippen LogP) is 2.73. The van der Waals surface area contributed by atoms with Gasteiger partial charge in [0.25, 0.3) is 0 Å². The van der Waals surface area contributed by atoms with Gasteiger partial charge in [-0.2, -0.15) is 0 Å². The Labute approximate surface area is 177 Å². The first-order chi connectivity index (χ1) is 14.4. The third kappa shape index (κ3) is 5.66. The van der Waals surface area contributed by atoms with Crippen molar-refractivity contribution in [3.63, 3.8) is 0 Å². The molecule has 4 rings (SSSR count). The lowest BCUT2D eigenvalue weighted by atomic mass is 9.96. The largest absolute Gasteiger partial charge is 0.473 e. The van der Waals surface area contributed by atoms with Crippen LogP contribution in [0, 0.1) is 5.92 Å². The number of likely N-dealkylation sites (tertiary alicyclic amines) is 1. The van der Waals surface area contributed by atoms with Crippen LogP contribution in [-0.4, -0.2) is 55.6 Å². The average molecular weight is 429 g/mol. The highest BCUT2D eigenvalue weighted by Crippen LogP contribution is 2.22. The number of carboxylic acids is 2. The third-order valence-electron chi connectivity index (χ3n) is 5.04. The molecule has 0 unspecified atom stereocenters. The molecule has 2 aromatic heterocycles. The van der Waals surface area contributed by atoms with Crippen molar-refractivity contribution in [2.45, 2.75) is 25.8 Å². The maximum absolute atomic E-state index is 12.4. The fourth-order valence-electron chi connectivity index (χ4n) is 3.47. The van der Waals surface area contributed by atoms with Crippen molar-refractivity contribution in [3.8, 4) is 0 Å². The summed E-state index contributed by atoms with van der Waals surface area (Å²) in [6.07, 6.45) is 4.64. The van der Waals surface area contributed by atoms with Gasteiger partial charge in [0.05, 0.1) is 23.8 Å². The highest BCUT2D eigenvalue weighted by molar-refractivity contribution is 7.10. The first kappa shape index (κ1) is 21.5. The maximum atomic E-state index is 12.4. The molecule has 0 radical (unpaired) electrons. The molecule has 0 atom stereocenters. The van der Waals surface area contributed by atoms with Crippen LogP contribution in [0.2, 0.25) is 0 Å². The molecule has 0 bridgehead atoms. The van der Waals surface area contributed by atoms with Crippen LogP contribution in [-0.2, 0) is 27.3 Å². The van der Waals surface area contributed by atoms with Gasteiger partial charge in [0, 0.05) is 24.5 Å². The Morgan fingerprint density at radius 2 is 1.73 bits per heavy atom. The van der Waals surface area contributed by atoms with E-state index in [0.29, 0.717) is 12.3 Å². The van der Waals surface area contributed by atoms with Crippen molar-refractivity contribution < 1.29 is 24.6 Å². The zero-order chi connectivity index (χ0) is 21.5. The van der Waals surface area contributed by atoms with Crippen molar-refractivity contribution in [2.24, 2.45) is 5.92 Å². The van der Waals surface area contributed by atoms with Crippen LogP contribution in [0.3, 0.4) is 0 Å². The van der Waals surface area contributed by atoms with Gasteiger partial charge in [0.1, 0.15) is 0 Å². The predicted molar refractivity (Wildman–Crippen MR) is 112 cm³/mol. The summed E-state index contributed by atoms with van der Waals surface area (Å²) in [6, 6.07) is 12.3. The van der Waals surface area contributed by atoms with E-state index in [1.54, 1.807) is 11.3 Å². The number of benzene rings is 1. The van der Waals surface area contributed by atoms with Gasteiger partial charge in [-0.3, -0.25) is 4.79 Å². The van der Waals surface area contributed by atoms with Crippen molar-refractivity contribution in [3.05, 3.63) is 53.0 Å². The van der Waals surface area contributed by atoms with E-state index in [1.165, 1.54) is 5.52 Å². The zero-order valence-corrected chi connectivity index (χ0v) is 17.1. The second-order valence-electron chi connectivity index (χ2n) is 7.08. The molecule has 1 aromatic carbocycles. The fraction of sp³-hybridized carbons (Fsp3) is 0.333. The topological polar surface area (TPSA) is 113 Å². The Morgan fingerprint density at radius 1 is 1.03 bits per heavy atom. The Kier molecular flexibility index (Phi) is 7.18. The quantitative estimate of drug-likeness (QED) is 0.617. The first-order valence-corrected chi connectivity index (χ1v) is 10.5. The van der Waals surface area contributed by atoms with Crippen LogP contribution in [0.25, 0.3) is 11.0 Å². The summed E-state index contributed by atoms with van der Waals surface area (Å²) in [5, 5.41) is 16.8. The van der Waals surface area contributed by atoms with Crippen molar-refractivity contribution in [2.75, 3.05) is 13.1 Å². The van der Waals surface area contributed by atoms with Gasteiger partial charge in [-0.25, -0.2) is 14.6 Å². The minimum absolute atomic E-state index is 0.268. The summed E-state index contributed by atoms with van der Waals surface area (Å²) in [6.45, 7) is 2.75. The van der Waals surface area contributed by atoms with Gasteiger partial charge >= 0.3 is 11.9 Å². The number of nitrogens with zero attached hydrogens (tertiary/aromatic N) is 3. The number of fused-ring (bicyclic) bond motifs is 1. The molecule has 158 valence electrons. The minimum atomic E-state index is -1.82. The summed E-state index contributed by atoms with van der Waals surface area (Å²) in [5.74, 6) is -2.76. The van der Waals surface area contributed by atoms with E-state index >= 15 is 0 Å². The number of amides is 1. The molecule has 1 amide bonds. The monoisotopic (exact) mass is 429 g/mol. The second-order valence-corrected chi connectivity index (χ2v) is 8.11. The van der Waals surface area contributed by atoms with E-state index in [9.17, 15) is 4.79 Å². The molecule has 9 heteroatoms. The number of hydrogen-bond acceptors (Lipinski definition) is 5. The Hall–Kier alpha value is -3.20. The summed E-state index contributed by atoms with van der Waals surface area (Å²) >= 11 is 1.66. The van der Waals surface area contributed by atoms with Crippen molar-refractivity contribution in [1.29, 1.82) is 0 Å². The maximum Gasteiger partial charge on any atom is 0.414 e. The van der Waals surface area contributed by atoms with Gasteiger partial charge in [-0.1, -0.05) is 18.2 Å². The van der Waals surface area contributed by atoms with Crippen molar-refractivity contribution in [1.82, 2.24) is 14.5 Å². The van der Waals surface area contributed by atoms with E-state index in [4.69, 9.17) is 19.8 Å². The van der Waals surface area contributed by atoms with E-state index in [-0.39, 0.29) is 5.91 Å². The third-order valence-corrected chi connectivity index (χ3v) is 5.91. The number of aromatic nitrogens is 2. The number of carboxylic acid groups (broad SMARTS) is 2. The van der Waals surface area contributed by atoms with Gasteiger partial charge in [0.2, 0.25) is 5.91 Å².